The van der Waals surface area contributed by atoms with Gasteiger partial charge in [0.05, 0.1) is 12.3 Å². The third kappa shape index (κ3) is 2.81. The minimum Gasteiger partial charge on any atom is -0.467 e. The Bertz CT molecular complexity index is 489. The molecule has 1 N–H and O–H groups in total. The van der Waals surface area contributed by atoms with Gasteiger partial charge < -0.3 is 14.6 Å². The average molecular weight is 288 g/mol. The normalized spacial score (nSPS) is 23.1. The van der Waals surface area contributed by atoms with Gasteiger partial charge in [0.15, 0.2) is 0 Å². The fourth-order valence-corrected chi connectivity index (χ4v) is 3.43. The molecule has 4 heteroatoms. The van der Waals surface area contributed by atoms with Crippen molar-refractivity contribution in [2.24, 2.45) is 11.8 Å². The van der Waals surface area contributed by atoms with E-state index >= 15 is 0 Å². The summed E-state index contributed by atoms with van der Waals surface area (Å²) in [6.07, 6.45) is 9.09. The summed E-state index contributed by atoms with van der Waals surface area (Å²) >= 11 is 0. The van der Waals surface area contributed by atoms with E-state index in [-0.39, 0.29) is 12.1 Å². The minimum atomic E-state index is 0.0200. The first kappa shape index (κ1) is 13.2. The number of nitrogens with zero attached hydrogens (tertiary/aromatic N) is 1. The number of carbonyl (C=O) groups is 1. The maximum absolute atomic E-state index is 12.8. The molecule has 1 atom stereocenters. The summed E-state index contributed by atoms with van der Waals surface area (Å²) < 4.78 is 5.51. The summed E-state index contributed by atoms with van der Waals surface area (Å²) in [5, 5.41) is 3.35. The van der Waals surface area contributed by atoms with Gasteiger partial charge in [0.1, 0.15) is 5.76 Å². The van der Waals surface area contributed by atoms with E-state index in [2.05, 4.69) is 12.2 Å². The van der Waals surface area contributed by atoms with E-state index in [1.807, 2.05) is 17.0 Å². The van der Waals surface area contributed by atoms with Gasteiger partial charge >= 0.3 is 6.03 Å². The van der Waals surface area contributed by atoms with E-state index < -0.39 is 0 Å². The predicted molar refractivity (Wildman–Crippen MR) is 79.8 cm³/mol. The topological polar surface area (TPSA) is 45.5 Å². The Hall–Kier alpha value is -1.45. The Morgan fingerprint density at radius 2 is 1.90 bits per heavy atom. The number of carbonyl (C=O) groups excluding carboxylic acids is 1. The number of urea groups is 1. The van der Waals surface area contributed by atoms with E-state index in [9.17, 15) is 4.79 Å². The lowest BCUT2D eigenvalue weighted by molar-refractivity contribution is 0.160. The van der Waals surface area contributed by atoms with E-state index in [0.29, 0.717) is 12.1 Å². The maximum atomic E-state index is 12.8. The molecule has 3 saturated carbocycles. The summed E-state index contributed by atoms with van der Waals surface area (Å²) in [6, 6.07) is 4.81. The molecule has 1 aromatic rings. The van der Waals surface area contributed by atoms with E-state index in [1.54, 1.807) is 6.26 Å². The Kier molecular flexibility index (Phi) is 3.20. The summed E-state index contributed by atoms with van der Waals surface area (Å²) in [7, 11) is 0. The lowest BCUT2D eigenvalue weighted by Gasteiger charge is -2.30. The van der Waals surface area contributed by atoms with Crippen LogP contribution in [-0.4, -0.2) is 23.0 Å². The second kappa shape index (κ2) is 5.08. The van der Waals surface area contributed by atoms with Crippen LogP contribution in [0.4, 0.5) is 4.79 Å². The van der Waals surface area contributed by atoms with Crippen LogP contribution in [0.1, 0.15) is 57.3 Å². The van der Waals surface area contributed by atoms with Crippen LogP contribution in [0.15, 0.2) is 22.8 Å². The molecule has 0 aliphatic heterocycles. The Balaban J connectivity index is 1.46. The first-order valence-electron chi connectivity index (χ1n) is 8.36. The van der Waals surface area contributed by atoms with Crippen molar-refractivity contribution in [2.45, 2.75) is 63.6 Å². The molecular weight excluding hydrogens is 264 g/mol. The van der Waals surface area contributed by atoms with Crippen LogP contribution in [0.2, 0.25) is 0 Å². The number of furan rings is 1. The summed E-state index contributed by atoms with van der Waals surface area (Å²) in [6.45, 7) is 2.07. The zero-order valence-corrected chi connectivity index (χ0v) is 12.6. The van der Waals surface area contributed by atoms with Crippen LogP contribution >= 0.6 is 0 Å². The van der Waals surface area contributed by atoms with Crippen LogP contribution in [0.5, 0.6) is 0 Å². The van der Waals surface area contributed by atoms with E-state index in [0.717, 1.165) is 30.4 Å². The molecule has 3 aliphatic carbocycles. The van der Waals surface area contributed by atoms with Crippen molar-refractivity contribution in [1.82, 2.24) is 10.2 Å². The minimum absolute atomic E-state index is 0.0200. The second-order valence-corrected chi connectivity index (χ2v) is 6.98. The molecule has 2 amide bonds. The van der Waals surface area contributed by atoms with Crippen LogP contribution < -0.4 is 5.32 Å². The van der Waals surface area contributed by atoms with Crippen molar-refractivity contribution < 1.29 is 9.21 Å². The molecule has 4 rings (SSSR count). The molecule has 4 nitrogen and oxygen atoms in total. The molecule has 0 unspecified atom stereocenters. The molecule has 3 fully saturated rings. The molecule has 0 saturated heterocycles. The Morgan fingerprint density at radius 1 is 1.24 bits per heavy atom. The zero-order chi connectivity index (χ0) is 14.4. The quantitative estimate of drug-likeness (QED) is 0.867. The smallest absolute Gasteiger partial charge is 0.318 e. The largest absolute Gasteiger partial charge is 0.467 e. The number of amides is 2. The second-order valence-electron chi connectivity index (χ2n) is 6.98. The highest BCUT2D eigenvalue weighted by molar-refractivity contribution is 5.76. The highest BCUT2D eigenvalue weighted by atomic mass is 16.3. The van der Waals surface area contributed by atoms with Crippen molar-refractivity contribution in [1.29, 1.82) is 0 Å². The number of hydrogen-bond donors (Lipinski definition) is 1. The molecular formula is C17H24N2O2. The molecule has 1 aromatic heterocycles. The van der Waals surface area contributed by atoms with Gasteiger partial charge in [-0.15, -0.1) is 0 Å². The third-order valence-electron chi connectivity index (χ3n) is 5.10. The van der Waals surface area contributed by atoms with E-state index in [4.69, 9.17) is 4.42 Å². The van der Waals surface area contributed by atoms with Crippen LogP contribution in [0.3, 0.4) is 0 Å². The monoisotopic (exact) mass is 288 g/mol. The molecule has 3 aliphatic rings. The fourth-order valence-electron chi connectivity index (χ4n) is 3.43. The molecule has 1 heterocycles. The van der Waals surface area contributed by atoms with Crippen LogP contribution in [0, 0.1) is 11.8 Å². The molecule has 0 aromatic carbocycles. The molecule has 0 spiro atoms. The maximum Gasteiger partial charge on any atom is 0.318 e. The van der Waals surface area contributed by atoms with Gasteiger partial charge in [-0.1, -0.05) is 0 Å². The van der Waals surface area contributed by atoms with Gasteiger partial charge in [-0.2, -0.15) is 0 Å². The number of hydrogen-bond acceptors (Lipinski definition) is 2. The van der Waals surface area contributed by atoms with Gasteiger partial charge in [0, 0.05) is 12.1 Å². The van der Waals surface area contributed by atoms with Gasteiger partial charge in [0.25, 0.3) is 0 Å². The highest BCUT2D eigenvalue weighted by Crippen LogP contribution is 2.45. The number of rotatable bonds is 6. The van der Waals surface area contributed by atoms with Crippen molar-refractivity contribution in [2.75, 3.05) is 0 Å². The lowest BCUT2D eigenvalue weighted by Crippen LogP contribution is -2.48. The summed E-state index contributed by atoms with van der Waals surface area (Å²) in [4.78, 5) is 14.8. The van der Waals surface area contributed by atoms with Crippen molar-refractivity contribution in [3.8, 4) is 0 Å². The third-order valence-corrected chi connectivity index (χ3v) is 5.10. The SMILES string of the molecule is C[C@@H](c1ccco1)N(C(=O)NC(C1CC1)C1CC1)C1CC1. The molecule has 114 valence electrons. The summed E-state index contributed by atoms with van der Waals surface area (Å²) in [5.74, 6) is 2.36. The molecule has 0 bridgehead atoms. The van der Waals surface area contributed by atoms with Crippen molar-refractivity contribution in [3.05, 3.63) is 24.2 Å². The Labute approximate surface area is 125 Å². The average Bonchev–Trinajstić information content (AvgIpc) is 3.29. The van der Waals surface area contributed by atoms with Gasteiger partial charge in [-0.3, -0.25) is 0 Å². The van der Waals surface area contributed by atoms with Gasteiger partial charge in [-0.05, 0) is 69.4 Å². The number of nitrogens with one attached hydrogen (secondary N) is 1. The van der Waals surface area contributed by atoms with E-state index in [1.165, 1.54) is 25.7 Å². The highest BCUT2D eigenvalue weighted by Gasteiger charge is 2.44. The van der Waals surface area contributed by atoms with Crippen LogP contribution in [0.25, 0.3) is 0 Å². The molecule has 0 radical (unpaired) electrons. The van der Waals surface area contributed by atoms with Crippen molar-refractivity contribution >= 4 is 6.03 Å². The Morgan fingerprint density at radius 3 is 2.38 bits per heavy atom. The first-order chi connectivity index (χ1) is 10.2. The van der Waals surface area contributed by atoms with Gasteiger partial charge in [-0.25, -0.2) is 4.79 Å². The van der Waals surface area contributed by atoms with Crippen molar-refractivity contribution in [3.63, 3.8) is 0 Å². The predicted octanol–water partition coefficient (Wildman–Crippen LogP) is 3.70. The molecule has 21 heavy (non-hydrogen) atoms. The lowest BCUT2D eigenvalue weighted by atomic mass is 10.1. The van der Waals surface area contributed by atoms with Gasteiger partial charge in [0.2, 0.25) is 0 Å². The zero-order valence-electron chi connectivity index (χ0n) is 12.6. The fraction of sp³-hybridized carbons (Fsp3) is 0.706. The summed E-state index contributed by atoms with van der Waals surface area (Å²) in [5.41, 5.74) is 0. The standard InChI is InChI=1S/C17H24N2O2/c1-11(15-3-2-10-21-15)19(14-8-9-14)17(20)18-16(12-4-5-12)13-6-7-13/h2-3,10-14,16H,4-9H2,1H3,(H,18,20)/t11-/m0/s1. The first-order valence-corrected chi connectivity index (χ1v) is 8.36. The van der Waals surface area contributed by atoms with Crippen LogP contribution in [-0.2, 0) is 0 Å².